The highest BCUT2D eigenvalue weighted by molar-refractivity contribution is 5.87. The summed E-state index contributed by atoms with van der Waals surface area (Å²) < 4.78 is 4.86. The van der Waals surface area contributed by atoms with Gasteiger partial charge in [0, 0.05) is 0 Å². The molecule has 2 N–H and O–H groups in total. The van der Waals surface area contributed by atoms with E-state index < -0.39 is 5.97 Å². The number of methoxy groups -OCH3 is 1. The highest BCUT2D eigenvalue weighted by Crippen LogP contribution is 2.10. The molecule has 0 spiro atoms. The first-order chi connectivity index (χ1) is 7.51. The van der Waals surface area contributed by atoms with Gasteiger partial charge in [-0.25, -0.2) is 4.79 Å². The monoisotopic (exact) mass is 225 g/mol. The van der Waals surface area contributed by atoms with Crippen molar-refractivity contribution < 1.29 is 19.8 Å². The van der Waals surface area contributed by atoms with E-state index in [1.807, 2.05) is 0 Å². The SMILES string of the molecule is CC(C)=NO.COc1ccc(C(=O)O)cc1. The number of hydrogen-bond donors (Lipinski definition) is 2. The van der Waals surface area contributed by atoms with Crippen LogP contribution in [0.25, 0.3) is 0 Å². The highest BCUT2D eigenvalue weighted by Gasteiger charge is 2.00. The topological polar surface area (TPSA) is 79.1 Å². The van der Waals surface area contributed by atoms with Crippen molar-refractivity contribution in [1.82, 2.24) is 0 Å². The fourth-order valence-electron chi connectivity index (χ4n) is 0.734. The Morgan fingerprint density at radius 2 is 1.69 bits per heavy atom. The molecule has 0 bridgehead atoms. The summed E-state index contributed by atoms with van der Waals surface area (Å²) in [6.07, 6.45) is 0. The molecule has 16 heavy (non-hydrogen) atoms. The third-order valence-electron chi connectivity index (χ3n) is 1.54. The molecule has 0 heterocycles. The number of aromatic carboxylic acids is 1. The predicted molar refractivity (Wildman–Crippen MR) is 60.5 cm³/mol. The molecular formula is C11H15NO4. The third-order valence-corrected chi connectivity index (χ3v) is 1.54. The van der Waals surface area contributed by atoms with Crippen LogP contribution in [0.3, 0.4) is 0 Å². The molecule has 0 amide bonds. The van der Waals surface area contributed by atoms with Crippen LogP contribution in [-0.2, 0) is 0 Å². The molecule has 0 radical (unpaired) electrons. The number of carboxylic acids is 1. The van der Waals surface area contributed by atoms with E-state index in [-0.39, 0.29) is 5.56 Å². The minimum absolute atomic E-state index is 0.269. The largest absolute Gasteiger partial charge is 0.497 e. The van der Waals surface area contributed by atoms with Crippen LogP contribution in [0.15, 0.2) is 29.4 Å². The van der Waals surface area contributed by atoms with E-state index in [2.05, 4.69) is 5.16 Å². The first-order valence-electron chi connectivity index (χ1n) is 4.54. The average Bonchev–Trinajstić information content (AvgIpc) is 2.29. The smallest absolute Gasteiger partial charge is 0.335 e. The molecule has 0 saturated carbocycles. The van der Waals surface area contributed by atoms with Crippen molar-refractivity contribution in [2.45, 2.75) is 13.8 Å². The highest BCUT2D eigenvalue weighted by atomic mass is 16.5. The van der Waals surface area contributed by atoms with Crippen molar-refractivity contribution in [3.8, 4) is 5.75 Å². The van der Waals surface area contributed by atoms with Gasteiger partial charge in [0.25, 0.3) is 0 Å². The predicted octanol–water partition coefficient (Wildman–Crippen LogP) is 2.25. The number of ether oxygens (including phenoxy) is 1. The van der Waals surface area contributed by atoms with E-state index in [0.29, 0.717) is 11.5 Å². The van der Waals surface area contributed by atoms with Gasteiger partial charge in [-0.15, -0.1) is 0 Å². The lowest BCUT2D eigenvalue weighted by Gasteiger charge is -1.98. The first-order valence-corrected chi connectivity index (χ1v) is 4.54. The number of hydrogen-bond acceptors (Lipinski definition) is 4. The molecule has 0 aliphatic carbocycles. The van der Waals surface area contributed by atoms with Gasteiger partial charge in [-0.3, -0.25) is 0 Å². The van der Waals surface area contributed by atoms with Crippen LogP contribution < -0.4 is 4.74 Å². The molecule has 0 unspecified atom stereocenters. The number of carboxylic acid groups (broad SMARTS) is 1. The van der Waals surface area contributed by atoms with Crippen molar-refractivity contribution in [3.05, 3.63) is 29.8 Å². The molecule has 0 aromatic heterocycles. The Morgan fingerprint density at radius 1 is 1.25 bits per heavy atom. The molecule has 0 saturated heterocycles. The summed E-state index contributed by atoms with van der Waals surface area (Å²) in [4.78, 5) is 10.4. The molecular weight excluding hydrogens is 210 g/mol. The molecule has 5 nitrogen and oxygen atoms in total. The molecule has 5 heteroatoms. The quantitative estimate of drug-likeness (QED) is 0.459. The summed E-state index contributed by atoms with van der Waals surface area (Å²) >= 11 is 0. The van der Waals surface area contributed by atoms with Crippen molar-refractivity contribution in [2.24, 2.45) is 5.16 Å². The van der Waals surface area contributed by atoms with Gasteiger partial charge in [-0.1, -0.05) is 5.16 Å². The lowest BCUT2D eigenvalue weighted by atomic mass is 10.2. The number of nitrogens with zero attached hydrogens (tertiary/aromatic N) is 1. The van der Waals surface area contributed by atoms with Crippen LogP contribution in [0.4, 0.5) is 0 Å². The summed E-state index contributed by atoms with van der Waals surface area (Å²) in [5.41, 5.74) is 0.954. The minimum atomic E-state index is -0.923. The van der Waals surface area contributed by atoms with Crippen molar-refractivity contribution in [3.63, 3.8) is 0 Å². The van der Waals surface area contributed by atoms with E-state index >= 15 is 0 Å². The summed E-state index contributed by atoms with van der Waals surface area (Å²) in [5, 5.41) is 19.0. The fraction of sp³-hybridized carbons (Fsp3) is 0.273. The van der Waals surface area contributed by atoms with Gasteiger partial charge >= 0.3 is 5.97 Å². The molecule has 1 rings (SSSR count). The fourth-order valence-corrected chi connectivity index (χ4v) is 0.734. The Hall–Kier alpha value is -2.04. The van der Waals surface area contributed by atoms with Gasteiger partial charge in [0.05, 0.1) is 18.4 Å². The summed E-state index contributed by atoms with van der Waals surface area (Å²) in [5.74, 6) is -0.261. The maximum Gasteiger partial charge on any atom is 0.335 e. The van der Waals surface area contributed by atoms with Gasteiger partial charge in [-0.2, -0.15) is 0 Å². The van der Waals surface area contributed by atoms with Gasteiger partial charge in [0.1, 0.15) is 5.75 Å². The van der Waals surface area contributed by atoms with Crippen LogP contribution in [0.1, 0.15) is 24.2 Å². The van der Waals surface area contributed by atoms with Crippen LogP contribution in [-0.4, -0.2) is 29.1 Å². The number of carbonyl (C=O) groups is 1. The normalized spacial score (nSPS) is 8.44. The summed E-state index contributed by atoms with van der Waals surface area (Å²) in [7, 11) is 1.54. The van der Waals surface area contributed by atoms with E-state index in [9.17, 15) is 4.79 Å². The van der Waals surface area contributed by atoms with E-state index in [4.69, 9.17) is 15.1 Å². The third kappa shape index (κ3) is 5.64. The van der Waals surface area contributed by atoms with Crippen molar-refractivity contribution in [2.75, 3.05) is 7.11 Å². The Balaban J connectivity index is 0.000000385. The maximum atomic E-state index is 10.4. The second kappa shape index (κ2) is 7.28. The lowest BCUT2D eigenvalue weighted by Crippen LogP contribution is -1.95. The Morgan fingerprint density at radius 3 is 1.94 bits per heavy atom. The molecule has 0 atom stereocenters. The summed E-state index contributed by atoms with van der Waals surface area (Å²) in [6, 6.07) is 6.23. The number of oxime groups is 1. The van der Waals surface area contributed by atoms with Gasteiger partial charge in [-0.05, 0) is 38.1 Å². The Kier molecular flexibility index (Phi) is 6.35. The molecule has 0 aliphatic heterocycles. The minimum Gasteiger partial charge on any atom is -0.497 e. The maximum absolute atomic E-state index is 10.4. The second-order valence-corrected chi connectivity index (χ2v) is 3.08. The zero-order valence-corrected chi connectivity index (χ0v) is 9.47. The van der Waals surface area contributed by atoms with Gasteiger partial charge in [0.2, 0.25) is 0 Å². The molecule has 0 aliphatic rings. The zero-order valence-electron chi connectivity index (χ0n) is 9.47. The molecule has 0 fully saturated rings. The Labute approximate surface area is 94.0 Å². The zero-order chi connectivity index (χ0) is 12.6. The Bertz CT molecular complexity index is 353. The second-order valence-electron chi connectivity index (χ2n) is 3.08. The van der Waals surface area contributed by atoms with Gasteiger partial charge in [0.15, 0.2) is 0 Å². The van der Waals surface area contributed by atoms with Crippen LogP contribution >= 0.6 is 0 Å². The number of benzene rings is 1. The first kappa shape index (κ1) is 14.0. The molecule has 1 aromatic carbocycles. The van der Waals surface area contributed by atoms with Crippen LogP contribution in [0.5, 0.6) is 5.75 Å². The van der Waals surface area contributed by atoms with Crippen molar-refractivity contribution in [1.29, 1.82) is 0 Å². The van der Waals surface area contributed by atoms with Crippen molar-refractivity contribution >= 4 is 11.7 Å². The van der Waals surface area contributed by atoms with Gasteiger partial charge < -0.3 is 15.1 Å². The van der Waals surface area contributed by atoms with E-state index in [0.717, 1.165) is 0 Å². The average molecular weight is 225 g/mol. The van der Waals surface area contributed by atoms with E-state index in [1.165, 1.54) is 19.2 Å². The molecule has 1 aromatic rings. The lowest BCUT2D eigenvalue weighted by molar-refractivity contribution is 0.0697. The van der Waals surface area contributed by atoms with E-state index in [1.54, 1.807) is 26.0 Å². The standard InChI is InChI=1S/C8H8O3.C3H7NO/c1-11-7-4-2-6(3-5-7)8(9)10;1-3(2)4-5/h2-5H,1H3,(H,9,10);5H,1-2H3. The van der Waals surface area contributed by atoms with Crippen LogP contribution in [0, 0.1) is 0 Å². The van der Waals surface area contributed by atoms with Crippen LogP contribution in [0.2, 0.25) is 0 Å². The summed E-state index contributed by atoms with van der Waals surface area (Å²) in [6.45, 7) is 3.44. The molecule has 88 valence electrons. The number of rotatable bonds is 2.